The maximum absolute atomic E-state index is 13.0. The van der Waals surface area contributed by atoms with Crippen molar-refractivity contribution in [1.29, 1.82) is 0 Å². The van der Waals surface area contributed by atoms with Crippen molar-refractivity contribution >= 4 is 17.5 Å². The number of nitrogens with zero attached hydrogens (tertiary/aromatic N) is 1. The molecule has 0 aromatic heterocycles. The van der Waals surface area contributed by atoms with Gasteiger partial charge in [0.05, 0.1) is 6.42 Å². The third-order valence-electron chi connectivity index (χ3n) is 4.14. The summed E-state index contributed by atoms with van der Waals surface area (Å²) >= 11 is 0. The van der Waals surface area contributed by atoms with E-state index in [0.717, 1.165) is 5.56 Å². The highest BCUT2D eigenvalue weighted by Crippen LogP contribution is 2.24. The molecule has 0 radical (unpaired) electrons. The highest BCUT2D eigenvalue weighted by Gasteiger charge is 2.30. The molecule has 0 aliphatic carbocycles. The van der Waals surface area contributed by atoms with Crippen LogP contribution in [0.25, 0.3) is 0 Å². The third-order valence-corrected chi connectivity index (χ3v) is 4.14. The number of nitrogens with one attached hydrogen (secondary N) is 1. The molecule has 1 fully saturated rings. The highest BCUT2D eigenvalue weighted by molar-refractivity contribution is 5.95. The summed E-state index contributed by atoms with van der Waals surface area (Å²) in [6.07, 6.45) is 0.728. The smallest absolute Gasteiger partial charge is 0.227 e. The first-order valence-corrected chi connectivity index (χ1v) is 7.98. The van der Waals surface area contributed by atoms with E-state index in [2.05, 4.69) is 5.32 Å². The van der Waals surface area contributed by atoms with Gasteiger partial charge in [-0.15, -0.1) is 0 Å². The fourth-order valence-electron chi connectivity index (χ4n) is 2.89. The first-order valence-electron chi connectivity index (χ1n) is 7.98. The van der Waals surface area contributed by atoms with Crippen LogP contribution in [0.1, 0.15) is 12.0 Å². The normalized spacial score (nSPS) is 17.1. The molecule has 1 N–H and O–H groups in total. The molecule has 0 saturated carbocycles. The number of halogens is 1. The maximum atomic E-state index is 13.0. The minimum Gasteiger partial charge on any atom is -0.355 e. The molecule has 0 spiro atoms. The summed E-state index contributed by atoms with van der Waals surface area (Å²) in [5.41, 5.74) is 1.66. The molecule has 2 aromatic rings. The quantitative estimate of drug-likeness (QED) is 0.918. The topological polar surface area (TPSA) is 49.4 Å². The SMILES string of the molecule is O=C(Cc1ccccc1)NC[C@@H]1CC(=O)N(c2ccc(F)cc2)C1. The summed E-state index contributed by atoms with van der Waals surface area (Å²) < 4.78 is 13.0. The lowest BCUT2D eigenvalue weighted by molar-refractivity contribution is -0.121. The van der Waals surface area contributed by atoms with Crippen molar-refractivity contribution < 1.29 is 14.0 Å². The number of amides is 2. The molecule has 1 atom stereocenters. The predicted octanol–water partition coefficient (Wildman–Crippen LogP) is 2.54. The summed E-state index contributed by atoms with van der Waals surface area (Å²) in [4.78, 5) is 25.8. The Labute approximate surface area is 140 Å². The van der Waals surface area contributed by atoms with Gasteiger partial charge in [-0.1, -0.05) is 30.3 Å². The Balaban J connectivity index is 1.51. The minimum atomic E-state index is -0.324. The number of rotatable bonds is 5. The molecular weight excluding hydrogens is 307 g/mol. The first-order chi connectivity index (χ1) is 11.6. The van der Waals surface area contributed by atoms with Gasteiger partial charge in [-0.2, -0.15) is 0 Å². The molecule has 0 unspecified atom stereocenters. The highest BCUT2D eigenvalue weighted by atomic mass is 19.1. The van der Waals surface area contributed by atoms with Crippen LogP contribution in [0, 0.1) is 11.7 Å². The second-order valence-corrected chi connectivity index (χ2v) is 6.02. The van der Waals surface area contributed by atoms with E-state index >= 15 is 0 Å². The monoisotopic (exact) mass is 326 g/mol. The molecule has 1 saturated heterocycles. The molecule has 5 heteroatoms. The van der Waals surface area contributed by atoms with Crippen molar-refractivity contribution in [3.05, 3.63) is 66.0 Å². The van der Waals surface area contributed by atoms with Gasteiger partial charge in [0.2, 0.25) is 11.8 Å². The summed E-state index contributed by atoms with van der Waals surface area (Å²) in [6, 6.07) is 15.4. The van der Waals surface area contributed by atoms with Crippen molar-refractivity contribution in [2.75, 3.05) is 18.0 Å². The van der Waals surface area contributed by atoms with E-state index in [1.165, 1.54) is 12.1 Å². The van der Waals surface area contributed by atoms with E-state index < -0.39 is 0 Å². The number of benzene rings is 2. The van der Waals surface area contributed by atoms with Crippen LogP contribution in [-0.4, -0.2) is 24.9 Å². The number of anilines is 1. The summed E-state index contributed by atoms with van der Waals surface area (Å²) in [5, 5.41) is 2.90. The lowest BCUT2D eigenvalue weighted by Crippen LogP contribution is -2.32. The third kappa shape index (κ3) is 3.98. The Morgan fingerprint density at radius 3 is 2.54 bits per heavy atom. The maximum Gasteiger partial charge on any atom is 0.227 e. The van der Waals surface area contributed by atoms with Crippen LogP contribution < -0.4 is 10.2 Å². The van der Waals surface area contributed by atoms with E-state index in [0.29, 0.717) is 31.6 Å². The second-order valence-electron chi connectivity index (χ2n) is 6.02. The average molecular weight is 326 g/mol. The first kappa shape index (κ1) is 16.2. The molecule has 24 heavy (non-hydrogen) atoms. The van der Waals surface area contributed by atoms with Crippen molar-refractivity contribution in [3.8, 4) is 0 Å². The van der Waals surface area contributed by atoms with E-state index in [4.69, 9.17) is 0 Å². The molecule has 1 heterocycles. The van der Waals surface area contributed by atoms with Gasteiger partial charge in [0, 0.05) is 31.1 Å². The van der Waals surface area contributed by atoms with Crippen molar-refractivity contribution in [2.45, 2.75) is 12.8 Å². The minimum absolute atomic E-state index is 0.00363. The van der Waals surface area contributed by atoms with Crippen molar-refractivity contribution in [2.24, 2.45) is 5.92 Å². The van der Waals surface area contributed by atoms with Crippen LogP contribution in [-0.2, 0) is 16.0 Å². The molecule has 4 nitrogen and oxygen atoms in total. The van der Waals surface area contributed by atoms with Crippen molar-refractivity contribution in [1.82, 2.24) is 5.32 Å². The Morgan fingerprint density at radius 1 is 1.12 bits per heavy atom. The zero-order valence-corrected chi connectivity index (χ0v) is 13.2. The average Bonchev–Trinajstić information content (AvgIpc) is 2.95. The van der Waals surface area contributed by atoms with E-state index in [1.54, 1.807) is 17.0 Å². The molecule has 0 bridgehead atoms. The number of carbonyl (C=O) groups excluding carboxylic acids is 2. The zero-order chi connectivity index (χ0) is 16.9. The number of hydrogen-bond acceptors (Lipinski definition) is 2. The molecule has 2 amide bonds. The van der Waals surface area contributed by atoms with Crippen LogP contribution in [0.4, 0.5) is 10.1 Å². The molecule has 3 rings (SSSR count). The predicted molar refractivity (Wildman–Crippen MR) is 90.0 cm³/mol. The summed E-state index contributed by atoms with van der Waals surface area (Å²) in [5.74, 6) is -0.296. The fourth-order valence-corrected chi connectivity index (χ4v) is 2.89. The van der Waals surface area contributed by atoms with Gasteiger partial charge in [0.25, 0.3) is 0 Å². The Bertz CT molecular complexity index is 716. The second kappa shape index (κ2) is 7.25. The largest absolute Gasteiger partial charge is 0.355 e. The summed E-state index contributed by atoms with van der Waals surface area (Å²) in [7, 11) is 0. The lowest BCUT2D eigenvalue weighted by Gasteiger charge is -2.17. The van der Waals surface area contributed by atoms with Gasteiger partial charge in [-0.05, 0) is 29.8 Å². The molecule has 1 aliphatic rings. The fraction of sp³-hybridized carbons (Fsp3) is 0.263. The van der Waals surface area contributed by atoms with Gasteiger partial charge in [0.1, 0.15) is 5.82 Å². The molecule has 124 valence electrons. The van der Waals surface area contributed by atoms with Crippen LogP contribution in [0.5, 0.6) is 0 Å². The Morgan fingerprint density at radius 2 is 1.83 bits per heavy atom. The zero-order valence-electron chi connectivity index (χ0n) is 13.2. The Hall–Kier alpha value is -2.69. The van der Waals surface area contributed by atoms with E-state index in [9.17, 15) is 14.0 Å². The van der Waals surface area contributed by atoms with Gasteiger partial charge >= 0.3 is 0 Å². The van der Waals surface area contributed by atoms with Crippen LogP contribution in [0.3, 0.4) is 0 Å². The van der Waals surface area contributed by atoms with Gasteiger partial charge in [0.15, 0.2) is 0 Å². The molecular formula is C19H19FN2O2. The van der Waals surface area contributed by atoms with Gasteiger partial charge < -0.3 is 10.2 Å². The van der Waals surface area contributed by atoms with E-state index in [1.807, 2.05) is 30.3 Å². The van der Waals surface area contributed by atoms with Crippen LogP contribution in [0.2, 0.25) is 0 Å². The molecule has 1 aliphatic heterocycles. The van der Waals surface area contributed by atoms with Crippen LogP contribution >= 0.6 is 0 Å². The van der Waals surface area contributed by atoms with Crippen molar-refractivity contribution in [3.63, 3.8) is 0 Å². The number of carbonyl (C=O) groups is 2. The van der Waals surface area contributed by atoms with E-state index in [-0.39, 0.29) is 23.5 Å². The molecule has 2 aromatic carbocycles. The lowest BCUT2D eigenvalue weighted by atomic mass is 10.1. The van der Waals surface area contributed by atoms with Crippen LogP contribution in [0.15, 0.2) is 54.6 Å². The van der Waals surface area contributed by atoms with Gasteiger partial charge in [-0.25, -0.2) is 4.39 Å². The standard InChI is InChI=1S/C19H19FN2O2/c20-16-6-8-17(9-7-16)22-13-15(11-19(22)24)12-21-18(23)10-14-4-2-1-3-5-14/h1-9,15H,10-13H2,(H,21,23)/t15-/m0/s1. The summed E-state index contributed by atoms with van der Waals surface area (Å²) in [6.45, 7) is 1.01. The Kier molecular flexibility index (Phi) is 4.89. The number of hydrogen-bond donors (Lipinski definition) is 1. The van der Waals surface area contributed by atoms with Gasteiger partial charge in [-0.3, -0.25) is 9.59 Å².